The van der Waals surface area contributed by atoms with Crippen molar-refractivity contribution < 1.29 is 29.3 Å². The van der Waals surface area contributed by atoms with Crippen LogP contribution < -0.4 is 4.74 Å². The number of aliphatic hydroxyl groups excluding tert-OH is 1. The topological polar surface area (TPSA) is 96.3 Å². The molecule has 0 radical (unpaired) electrons. The Hall–Kier alpha value is -3.58. The SMILES string of the molecule is C=CCOc1ccc(/C(O)=C2\C(=O)C(=O)N(CCCOC)[C@H]2c2ccc(O)cc2)cc1. The number of ketones is 1. The quantitative estimate of drug-likeness (QED) is 0.211. The van der Waals surface area contributed by atoms with E-state index in [1.165, 1.54) is 17.0 Å². The molecule has 1 aliphatic heterocycles. The van der Waals surface area contributed by atoms with Crippen LogP contribution in [0.2, 0.25) is 0 Å². The van der Waals surface area contributed by atoms with E-state index in [9.17, 15) is 19.8 Å². The summed E-state index contributed by atoms with van der Waals surface area (Å²) in [5.74, 6) is -1.04. The molecule has 1 aliphatic rings. The second-order valence-corrected chi connectivity index (χ2v) is 7.05. The number of benzene rings is 2. The van der Waals surface area contributed by atoms with Crippen LogP contribution in [0.4, 0.5) is 0 Å². The van der Waals surface area contributed by atoms with Crippen molar-refractivity contribution in [2.45, 2.75) is 12.5 Å². The lowest BCUT2D eigenvalue weighted by Crippen LogP contribution is -2.31. The van der Waals surface area contributed by atoms with Crippen molar-refractivity contribution >= 4 is 17.4 Å². The number of amides is 1. The van der Waals surface area contributed by atoms with Crippen molar-refractivity contribution in [3.05, 3.63) is 77.9 Å². The molecule has 7 heteroatoms. The van der Waals surface area contributed by atoms with Crippen LogP contribution in [0.15, 0.2) is 66.8 Å². The Bertz CT molecular complexity index is 978. The van der Waals surface area contributed by atoms with Crippen molar-refractivity contribution in [3.8, 4) is 11.5 Å². The molecule has 2 aromatic rings. The molecule has 1 atom stereocenters. The average Bonchev–Trinajstić information content (AvgIpc) is 3.03. The van der Waals surface area contributed by atoms with E-state index in [4.69, 9.17) is 9.47 Å². The van der Waals surface area contributed by atoms with Gasteiger partial charge in [-0.2, -0.15) is 0 Å². The fraction of sp³-hybridized carbons (Fsp3) is 0.250. The van der Waals surface area contributed by atoms with E-state index in [0.29, 0.717) is 36.5 Å². The van der Waals surface area contributed by atoms with Gasteiger partial charge in [0.2, 0.25) is 0 Å². The summed E-state index contributed by atoms with van der Waals surface area (Å²) in [6.45, 7) is 4.66. The van der Waals surface area contributed by atoms with Gasteiger partial charge in [-0.25, -0.2) is 0 Å². The van der Waals surface area contributed by atoms with Gasteiger partial charge in [-0.05, 0) is 48.4 Å². The highest BCUT2D eigenvalue weighted by molar-refractivity contribution is 6.46. The van der Waals surface area contributed by atoms with Gasteiger partial charge in [-0.3, -0.25) is 9.59 Å². The van der Waals surface area contributed by atoms with E-state index in [2.05, 4.69) is 6.58 Å². The summed E-state index contributed by atoms with van der Waals surface area (Å²) in [7, 11) is 1.56. The van der Waals surface area contributed by atoms with Gasteiger partial charge in [0.15, 0.2) is 0 Å². The van der Waals surface area contributed by atoms with Crippen molar-refractivity contribution in [2.75, 3.05) is 26.9 Å². The Morgan fingerprint density at radius 3 is 2.42 bits per heavy atom. The third-order valence-corrected chi connectivity index (χ3v) is 4.99. The van der Waals surface area contributed by atoms with Crippen LogP contribution in [0, 0.1) is 0 Å². The first-order chi connectivity index (χ1) is 15.0. The maximum Gasteiger partial charge on any atom is 0.295 e. The van der Waals surface area contributed by atoms with Crippen molar-refractivity contribution in [1.82, 2.24) is 4.90 Å². The molecule has 0 unspecified atom stereocenters. The number of aliphatic hydroxyl groups is 1. The fourth-order valence-corrected chi connectivity index (χ4v) is 3.51. The second-order valence-electron chi connectivity index (χ2n) is 7.05. The molecular weight excluding hydrogens is 398 g/mol. The number of phenolic OH excluding ortho intramolecular Hbond substituents is 1. The Morgan fingerprint density at radius 1 is 1.13 bits per heavy atom. The van der Waals surface area contributed by atoms with Crippen molar-refractivity contribution in [1.29, 1.82) is 0 Å². The van der Waals surface area contributed by atoms with Crippen molar-refractivity contribution in [3.63, 3.8) is 0 Å². The van der Waals surface area contributed by atoms with E-state index < -0.39 is 17.7 Å². The molecule has 0 saturated carbocycles. The van der Waals surface area contributed by atoms with Gasteiger partial charge in [0.25, 0.3) is 11.7 Å². The number of Topliss-reactive ketones (excluding diaryl/α,β-unsaturated/α-hetero) is 1. The van der Waals surface area contributed by atoms with Crippen molar-refractivity contribution in [2.24, 2.45) is 0 Å². The summed E-state index contributed by atoms with van der Waals surface area (Å²) in [5.41, 5.74) is 1.01. The molecule has 0 bridgehead atoms. The largest absolute Gasteiger partial charge is 0.508 e. The van der Waals surface area contributed by atoms with Gasteiger partial charge in [0, 0.05) is 25.8 Å². The lowest BCUT2D eigenvalue weighted by Gasteiger charge is -2.25. The summed E-state index contributed by atoms with van der Waals surface area (Å²) in [4.78, 5) is 27.1. The molecule has 1 amide bonds. The molecule has 1 saturated heterocycles. The number of rotatable bonds is 9. The zero-order valence-electron chi connectivity index (χ0n) is 17.3. The number of carbonyl (C=O) groups is 2. The van der Waals surface area contributed by atoms with Gasteiger partial charge in [0.05, 0.1) is 11.6 Å². The van der Waals surface area contributed by atoms with E-state index in [1.54, 1.807) is 49.6 Å². The van der Waals surface area contributed by atoms with E-state index >= 15 is 0 Å². The van der Waals surface area contributed by atoms with Crippen LogP contribution >= 0.6 is 0 Å². The predicted molar refractivity (Wildman–Crippen MR) is 116 cm³/mol. The number of hydrogen-bond donors (Lipinski definition) is 2. The Kier molecular flexibility index (Phi) is 7.10. The Morgan fingerprint density at radius 2 is 1.81 bits per heavy atom. The normalized spacial score (nSPS) is 17.7. The molecule has 0 aromatic heterocycles. The van der Waals surface area contributed by atoms with Crippen LogP contribution in [0.5, 0.6) is 11.5 Å². The molecule has 2 N–H and O–H groups in total. The average molecular weight is 423 g/mol. The van der Waals surface area contributed by atoms with Gasteiger partial charge >= 0.3 is 0 Å². The molecular formula is C24H25NO6. The molecule has 31 heavy (non-hydrogen) atoms. The molecule has 0 spiro atoms. The van der Waals surface area contributed by atoms with Crippen LogP contribution in [-0.4, -0.2) is 53.7 Å². The predicted octanol–water partition coefficient (Wildman–Crippen LogP) is 3.42. The Labute approximate surface area is 180 Å². The molecule has 2 aromatic carbocycles. The van der Waals surface area contributed by atoms with E-state index in [1.807, 2.05) is 0 Å². The maximum atomic E-state index is 12.9. The minimum atomic E-state index is -0.769. The highest BCUT2D eigenvalue weighted by Crippen LogP contribution is 2.40. The first-order valence-corrected chi connectivity index (χ1v) is 9.88. The van der Waals surface area contributed by atoms with Gasteiger partial charge < -0.3 is 24.6 Å². The minimum Gasteiger partial charge on any atom is -0.508 e. The zero-order chi connectivity index (χ0) is 22.4. The number of aromatic hydroxyl groups is 1. The van der Waals surface area contributed by atoms with Gasteiger partial charge in [0.1, 0.15) is 23.9 Å². The highest BCUT2D eigenvalue weighted by atomic mass is 16.5. The summed E-state index contributed by atoms with van der Waals surface area (Å²) >= 11 is 0. The van der Waals surface area contributed by atoms with Gasteiger partial charge in [-0.1, -0.05) is 24.8 Å². The third-order valence-electron chi connectivity index (χ3n) is 4.99. The maximum absolute atomic E-state index is 12.9. The van der Waals surface area contributed by atoms with Gasteiger partial charge in [-0.15, -0.1) is 0 Å². The molecule has 7 nitrogen and oxygen atoms in total. The fourth-order valence-electron chi connectivity index (χ4n) is 3.51. The summed E-state index contributed by atoms with van der Waals surface area (Å²) in [6.07, 6.45) is 2.16. The lowest BCUT2D eigenvalue weighted by molar-refractivity contribution is -0.140. The third kappa shape index (κ3) is 4.78. The number of nitrogens with zero attached hydrogens (tertiary/aromatic N) is 1. The lowest BCUT2D eigenvalue weighted by atomic mass is 9.95. The first kappa shape index (κ1) is 22.1. The number of carbonyl (C=O) groups excluding carboxylic acids is 2. The smallest absolute Gasteiger partial charge is 0.295 e. The number of likely N-dealkylation sites (tertiary alicyclic amines) is 1. The number of phenols is 1. The monoisotopic (exact) mass is 423 g/mol. The van der Waals surface area contributed by atoms with Crippen LogP contribution in [0.1, 0.15) is 23.6 Å². The van der Waals surface area contributed by atoms with Crippen LogP contribution in [0.25, 0.3) is 5.76 Å². The summed E-state index contributed by atoms with van der Waals surface area (Å²) < 4.78 is 10.5. The van der Waals surface area contributed by atoms with Crippen LogP contribution in [0.3, 0.4) is 0 Å². The second kappa shape index (κ2) is 9.95. The highest BCUT2D eigenvalue weighted by Gasteiger charge is 2.45. The number of hydrogen-bond acceptors (Lipinski definition) is 6. The standard InChI is InChI=1S/C24H25NO6/c1-3-14-31-19-11-7-17(8-12-19)22(27)20-21(16-5-9-18(26)10-6-16)25(13-4-15-30-2)24(29)23(20)28/h3,5-12,21,26-27H,1,4,13-15H2,2H3/b22-20+/t21-/m0/s1. The molecule has 1 heterocycles. The number of methoxy groups -OCH3 is 1. The summed E-state index contributed by atoms with van der Waals surface area (Å²) in [5, 5.41) is 20.6. The molecule has 1 fully saturated rings. The number of ether oxygens (including phenoxy) is 2. The zero-order valence-corrected chi connectivity index (χ0v) is 17.3. The summed E-state index contributed by atoms with van der Waals surface area (Å²) in [6, 6.07) is 12.1. The van der Waals surface area contributed by atoms with E-state index in [0.717, 1.165) is 0 Å². The molecule has 0 aliphatic carbocycles. The minimum absolute atomic E-state index is 0.00728. The first-order valence-electron chi connectivity index (χ1n) is 9.88. The molecule has 3 rings (SSSR count). The van der Waals surface area contributed by atoms with Crippen LogP contribution in [-0.2, 0) is 14.3 Å². The molecule has 162 valence electrons. The van der Waals surface area contributed by atoms with E-state index in [-0.39, 0.29) is 23.6 Å². The Balaban J connectivity index is 2.03.